The van der Waals surface area contributed by atoms with E-state index in [1.165, 1.54) is 6.08 Å². The van der Waals surface area contributed by atoms with Crippen molar-refractivity contribution >= 4 is 27.8 Å². The van der Waals surface area contributed by atoms with Crippen LogP contribution in [0.15, 0.2) is 41.8 Å². The number of hydrogen-bond acceptors (Lipinski definition) is 7. The molecule has 0 fully saturated rings. The van der Waals surface area contributed by atoms with Crippen LogP contribution in [0, 0.1) is 0 Å². The van der Waals surface area contributed by atoms with Crippen molar-refractivity contribution in [1.82, 2.24) is 10.6 Å². The molecule has 0 bridgehead atoms. The summed E-state index contributed by atoms with van der Waals surface area (Å²) in [5, 5.41) is 5.66. The fourth-order valence-electron chi connectivity index (χ4n) is 2.15. The third-order valence-electron chi connectivity index (χ3n) is 3.32. The zero-order valence-corrected chi connectivity index (χ0v) is 18.3. The van der Waals surface area contributed by atoms with Gasteiger partial charge in [-0.25, -0.2) is 13.2 Å². The summed E-state index contributed by atoms with van der Waals surface area (Å²) in [5.41, 5.74) is 0.0661. The highest BCUT2D eigenvalue weighted by Crippen LogP contribution is 2.10. The standard InChI is InChI=1S/C20H28N2O7S/c1-20(2,3)29-18(24)12-16(10-11-30(4,26)27)22-17(23)13-21-19(25)28-14-15-8-6-5-7-9-15/h5-11,16H,12-14H2,1-4H3,(H,21,25)(H,22,23)/b11-10+. The highest BCUT2D eigenvalue weighted by molar-refractivity contribution is 7.93. The number of ether oxygens (including phenoxy) is 2. The highest BCUT2D eigenvalue weighted by atomic mass is 32.2. The molecule has 10 heteroatoms. The second-order valence-corrected chi connectivity index (χ2v) is 9.47. The number of carbonyl (C=O) groups excluding carboxylic acids is 3. The lowest BCUT2D eigenvalue weighted by atomic mass is 10.1. The van der Waals surface area contributed by atoms with E-state index < -0.39 is 46.0 Å². The summed E-state index contributed by atoms with van der Waals surface area (Å²) in [7, 11) is -3.46. The molecular weight excluding hydrogens is 412 g/mol. The first kappa shape index (κ1) is 25.2. The number of esters is 1. The van der Waals surface area contributed by atoms with E-state index in [0.717, 1.165) is 17.2 Å². The first-order valence-corrected chi connectivity index (χ1v) is 11.1. The van der Waals surface area contributed by atoms with Crippen LogP contribution in [-0.4, -0.2) is 50.8 Å². The number of rotatable bonds is 9. The van der Waals surface area contributed by atoms with Gasteiger partial charge in [0.2, 0.25) is 5.91 Å². The molecule has 0 saturated carbocycles. The molecule has 0 radical (unpaired) electrons. The second-order valence-electron chi connectivity index (χ2n) is 7.54. The van der Waals surface area contributed by atoms with Gasteiger partial charge in [-0.3, -0.25) is 9.59 Å². The summed E-state index contributed by atoms with van der Waals surface area (Å²) < 4.78 is 32.9. The van der Waals surface area contributed by atoms with Gasteiger partial charge in [-0.15, -0.1) is 0 Å². The lowest BCUT2D eigenvalue weighted by Crippen LogP contribution is -2.42. The highest BCUT2D eigenvalue weighted by Gasteiger charge is 2.21. The molecule has 0 aliphatic heterocycles. The van der Waals surface area contributed by atoms with E-state index in [0.29, 0.717) is 0 Å². The van der Waals surface area contributed by atoms with Gasteiger partial charge in [-0.1, -0.05) is 36.4 Å². The number of amides is 2. The van der Waals surface area contributed by atoms with Crippen molar-refractivity contribution < 1.29 is 32.3 Å². The van der Waals surface area contributed by atoms with Crippen molar-refractivity contribution in [2.75, 3.05) is 12.8 Å². The Morgan fingerprint density at radius 3 is 2.33 bits per heavy atom. The molecule has 9 nitrogen and oxygen atoms in total. The molecule has 0 spiro atoms. The number of carbonyl (C=O) groups is 3. The molecule has 2 N–H and O–H groups in total. The van der Waals surface area contributed by atoms with Crippen molar-refractivity contribution in [2.24, 2.45) is 0 Å². The van der Waals surface area contributed by atoms with Gasteiger partial charge in [0.05, 0.1) is 12.5 Å². The molecule has 0 saturated heterocycles. The smallest absolute Gasteiger partial charge is 0.407 e. The van der Waals surface area contributed by atoms with Crippen molar-refractivity contribution in [1.29, 1.82) is 0 Å². The van der Waals surface area contributed by atoms with Gasteiger partial charge in [-0.2, -0.15) is 0 Å². The van der Waals surface area contributed by atoms with Crippen LogP contribution in [0.1, 0.15) is 32.8 Å². The molecule has 0 aliphatic rings. The van der Waals surface area contributed by atoms with Gasteiger partial charge in [0.15, 0.2) is 9.84 Å². The first-order valence-electron chi connectivity index (χ1n) is 9.18. The number of nitrogens with one attached hydrogen (secondary N) is 2. The summed E-state index contributed by atoms with van der Waals surface area (Å²) in [6, 6.07) is 8.09. The third-order valence-corrected chi connectivity index (χ3v) is 3.97. The molecule has 1 rings (SSSR count). The van der Waals surface area contributed by atoms with Crippen molar-refractivity contribution in [3.05, 3.63) is 47.4 Å². The largest absolute Gasteiger partial charge is 0.460 e. The van der Waals surface area contributed by atoms with E-state index in [2.05, 4.69) is 10.6 Å². The maximum absolute atomic E-state index is 12.1. The lowest BCUT2D eigenvalue weighted by molar-refractivity contribution is -0.155. The van der Waals surface area contributed by atoms with Crippen LogP contribution in [0.2, 0.25) is 0 Å². The maximum atomic E-state index is 12.1. The maximum Gasteiger partial charge on any atom is 0.407 e. The molecule has 0 heterocycles. The SMILES string of the molecule is CC(C)(C)OC(=O)CC(/C=C/S(C)(=O)=O)NC(=O)CNC(=O)OCc1ccccc1. The van der Waals surface area contributed by atoms with E-state index in [1.807, 2.05) is 6.07 Å². The van der Waals surface area contributed by atoms with Crippen LogP contribution in [-0.2, 0) is 35.5 Å². The van der Waals surface area contributed by atoms with E-state index in [1.54, 1.807) is 45.0 Å². The summed E-state index contributed by atoms with van der Waals surface area (Å²) >= 11 is 0. The predicted octanol–water partition coefficient (Wildman–Crippen LogP) is 1.69. The van der Waals surface area contributed by atoms with Crippen molar-refractivity contribution in [2.45, 2.75) is 45.4 Å². The van der Waals surface area contributed by atoms with Crippen LogP contribution in [0.5, 0.6) is 0 Å². The van der Waals surface area contributed by atoms with Crippen molar-refractivity contribution in [3.8, 4) is 0 Å². The van der Waals surface area contributed by atoms with E-state index in [9.17, 15) is 22.8 Å². The Hall–Kier alpha value is -2.88. The van der Waals surface area contributed by atoms with Gasteiger partial charge in [0, 0.05) is 11.7 Å². The van der Waals surface area contributed by atoms with E-state index in [4.69, 9.17) is 9.47 Å². The number of benzene rings is 1. The zero-order valence-electron chi connectivity index (χ0n) is 17.5. The molecule has 1 atom stereocenters. The molecule has 166 valence electrons. The Kier molecular flexibility index (Phi) is 9.51. The normalized spacial score (nSPS) is 12.8. The molecular formula is C20H28N2O7S. The average molecular weight is 441 g/mol. The minimum absolute atomic E-state index is 0.0483. The molecule has 1 aromatic carbocycles. The van der Waals surface area contributed by atoms with Crippen LogP contribution >= 0.6 is 0 Å². The monoisotopic (exact) mass is 440 g/mol. The summed E-state index contributed by atoms with van der Waals surface area (Å²) in [6.07, 6.45) is 1.11. The number of sulfone groups is 1. The van der Waals surface area contributed by atoms with Crippen LogP contribution < -0.4 is 10.6 Å². The average Bonchev–Trinajstić information content (AvgIpc) is 2.61. The zero-order chi connectivity index (χ0) is 22.8. The number of hydrogen-bond donors (Lipinski definition) is 2. The van der Waals surface area contributed by atoms with Gasteiger partial charge < -0.3 is 20.1 Å². The van der Waals surface area contributed by atoms with Gasteiger partial charge in [0.25, 0.3) is 0 Å². The Morgan fingerprint density at radius 2 is 1.77 bits per heavy atom. The molecule has 0 aliphatic carbocycles. The van der Waals surface area contributed by atoms with Crippen LogP contribution in [0.3, 0.4) is 0 Å². The summed E-state index contributed by atoms with van der Waals surface area (Å²) in [4.78, 5) is 35.8. The fourth-order valence-corrected chi connectivity index (χ4v) is 2.63. The Balaban J connectivity index is 2.57. The Morgan fingerprint density at radius 1 is 1.13 bits per heavy atom. The van der Waals surface area contributed by atoms with Gasteiger partial charge >= 0.3 is 12.1 Å². The second kappa shape index (κ2) is 11.3. The predicted molar refractivity (Wildman–Crippen MR) is 111 cm³/mol. The first-order chi connectivity index (χ1) is 13.8. The lowest BCUT2D eigenvalue weighted by Gasteiger charge is -2.21. The molecule has 1 aromatic rings. The minimum Gasteiger partial charge on any atom is -0.460 e. The third kappa shape index (κ3) is 12.6. The summed E-state index contributed by atoms with van der Waals surface area (Å²) in [6.45, 7) is 4.71. The van der Waals surface area contributed by atoms with Crippen LogP contribution in [0.4, 0.5) is 4.79 Å². The molecule has 1 unspecified atom stereocenters. The topological polar surface area (TPSA) is 128 Å². The summed E-state index contributed by atoms with van der Waals surface area (Å²) in [5.74, 6) is -1.24. The van der Waals surface area contributed by atoms with Gasteiger partial charge in [0.1, 0.15) is 18.8 Å². The van der Waals surface area contributed by atoms with E-state index in [-0.39, 0.29) is 13.0 Å². The van der Waals surface area contributed by atoms with Crippen LogP contribution in [0.25, 0.3) is 0 Å². The fraction of sp³-hybridized carbons (Fsp3) is 0.450. The Labute approximate surface area is 176 Å². The minimum atomic E-state index is -3.46. The molecule has 0 aromatic heterocycles. The van der Waals surface area contributed by atoms with Gasteiger partial charge in [-0.05, 0) is 26.3 Å². The molecule has 30 heavy (non-hydrogen) atoms. The Bertz CT molecular complexity index is 859. The number of alkyl carbamates (subject to hydrolysis) is 1. The quantitative estimate of drug-likeness (QED) is 0.559. The van der Waals surface area contributed by atoms with Crippen molar-refractivity contribution in [3.63, 3.8) is 0 Å². The molecule has 2 amide bonds. The van der Waals surface area contributed by atoms with E-state index >= 15 is 0 Å².